The van der Waals surface area contributed by atoms with Gasteiger partial charge in [-0.15, -0.1) is 0 Å². The predicted molar refractivity (Wildman–Crippen MR) is 80.1 cm³/mol. The van der Waals surface area contributed by atoms with E-state index < -0.39 is 0 Å². The molecule has 0 bridgehead atoms. The number of piperidine rings is 1. The highest BCUT2D eigenvalue weighted by molar-refractivity contribution is 4.80. The van der Waals surface area contributed by atoms with E-state index in [0.717, 1.165) is 12.0 Å². The third kappa shape index (κ3) is 6.17. The lowest BCUT2D eigenvalue weighted by molar-refractivity contribution is 0.186. The van der Waals surface area contributed by atoms with E-state index in [1.807, 2.05) is 0 Å². The van der Waals surface area contributed by atoms with E-state index in [1.54, 1.807) is 0 Å². The predicted octanol–water partition coefficient (Wildman–Crippen LogP) is 2.04. The summed E-state index contributed by atoms with van der Waals surface area (Å²) >= 11 is 0. The summed E-state index contributed by atoms with van der Waals surface area (Å²) in [6.45, 7) is 10.7. The molecule has 108 valence electrons. The Morgan fingerprint density at radius 2 is 1.89 bits per heavy atom. The molecule has 1 fully saturated rings. The molecule has 3 nitrogen and oxygen atoms in total. The Morgan fingerprint density at radius 1 is 1.11 bits per heavy atom. The maximum atomic E-state index is 3.70. The highest BCUT2D eigenvalue weighted by atomic mass is 15.2. The van der Waals surface area contributed by atoms with E-state index in [1.165, 1.54) is 58.4 Å². The zero-order valence-electron chi connectivity index (χ0n) is 12.9. The van der Waals surface area contributed by atoms with Crippen LogP contribution in [0.15, 0.2) is 0 Å². The second-order valence-corrected chi connectivity index (χ2v) is 6.05. The lowest BCUT2D eigenvalue weighted by Gasteiger charge is -2.34. The van der Waals surface area contributed by atoms with Gasteiger partial charge >= 0.3 is 0 Å². The number of nitrogens with zero attached hydrogens (tertiary/aromatic N) is 2. The molecule has 0 spiro atoms. The molecule has 1 N–H and O–H groups in total. The van der Waals surface area contributed by atoms with Crippen LogP contribution in [0.3, 0.4) is 0 Å². The first-order valence-electron chi connectivity index (χ1n) is 7.76. The van der Waals surface area contributed by atoms with Gasteiger partial charge in [0.25, 0.3) is 0 Å². The van der Waals surface area contributed by atoms with Crippen LogP contribution in [0.5, 0.6) is 0 Å². The molecule has 0 aliphatic carbocycles. The van der Waals surface area contributed by atoms with Gasteiger partial charge in [-0.2, -0.15) is 0 Å². The number of hydrogen-bond donors (Lipinski definition) is 1. The van der Waals surface area contributed by atoms with Crippen LogP contribution in [0.2, 0.25) is 0 Å². The van der Waals surface area contributed by atoms with Crippen molar-refractivity contribution in [3.05, 3.63) is 0 Å². The van der Waals surface area contributed by atoms with E-state index in [2.05, 4.69) is 43.1 Å². The van der Waals surface area contributed by atoms with Gasteiger partial charge < -0.3 is 15.1 Å². The average molecular weight is 255 g/mol. The first-order chi connectivity index (χ1) is 8.65. The van der Waals surface area contributed by atoms with Crippen molar-refractivity contribution < 1.29 is 0 Å². The molecule has 0 radical (unpaired) electrons. The van der Waals surface area contributed by atoms with Crippen LogP contribution in [0.4, 0.5) is 0 Å². The first-order valence-corrected chi connectivity index (χ1v) is 7.76. The SMILES string of the molecule is CCCN(CCN(C)C)CC1CC(CC)CCN1. The van der Waals surface area contributed by atoms with Gasteiger partial charge in [0.05, 0.1) is 0 Å². The topological polar surface area (TPSA) is 18.5 Å². The third-order valence-electron chi connectivity index (χ3n) is 4.06. The van der Waals surface area contributed by atoms with Crippen molar-refractivity contribution in [2.24, 2.45) is 5.92 Å². The quantitative estimate of drug-likeness (QED) is 0.716. The van der Waals surface area contributed by atoms with Crippen LogP contribution in [0.1, 0.15) is 39.5 Å². The summed E-state index contributed by atoms with van der Waals surface area (Å²) in [5, 5.41) is 3.70. The molecule has 1 aliphatic heterocycles. The van der Waals surface area contributed by atoms with Gasteiger partial charge in [0.15, 0.2) is 0 Å². The molecule has 2 atom stereocenters. The third-order valence-corrected chi connectivity index (χ3v) is 4.06. The lowest BCUT2D eigenvalue weighted by atomic mass is 9.90. The summed E-state index contributed by atoms with van der Waals surface area (Å²) < 4.78 is 0. The minimum atomic E-state index is 0.720. The summed E-state index contributed by atoms with van der Waals surface area (Å²) in [6, 6.07) is 0.720. The zero-order chi connectivity index (χ0) is 13.4. The molecular formula is C15H33N3. The van der Waals surface area contributed by atoms with E-state index in [4.69, 9.17) is 0 Å². The zero-order valence-corrected chi connectivity index (χ0v) is 12.9. The molecule has 3 heteroatoms. The monoisotopic (exact) mass is 255 g/mol. The number of hydrogen-bond acceptors (Lipinski definition) is 3. The highest BCUT2D eigenvalue weighted by Gasteiger charge is 2.21. The van der Waals surface area contributed by atoms with E-state index >= 15 is 0 Å². The van der Waals surface area contributed by atoms with Crippen molar-refractivity contribution in [1.29, 1.82) is 0 Å². The Hall–Kier alpha value is -0.120. The number of likely N-dealkylation sites (N-methyl/N-ethyl adjacent to an activating group) is 1. The van der Waals surface area contributed by atoms with Crippen molar-refractivity contribution in [2.75, 3.05) is 46.8 Å². The molecule has 2 unspecified atom stereocenters. The van der Waals surface area contributed by atoms with Gasteiger partial charge in [-0.3, -0.25) is 0 Å². The standard InChI is InChI=1S/C15H33N3/c1-5-9-18(11-10-17(3)4)13-15-12-14(6-2)7-8-16-15/h14-16H,5-13H2,1-4H3. The Balaban J connectivity index is 2.34. The van der Waals surface area contributed by atoms with Gasteiger partial charge in [-0.25, -0.2) is 0 Å². The molecular weight excluding hydrogens is 222 g/mol. The Bertz CT molecular complexity index is 206. The summed E-state index contributed by atoms with van der Waals surface area (Å²) in [5.41, 5.74) is 0. The molecule has 0 aromatic rings. The molecule has 1 saturated heterocycles. The second kappa shape index (κ2) is 8.89. The van der Waals surface area contributed by atoms with Gasteiger partial charge in [0.1, 0.15) is 0 Å². The molecule has 0 aromatic carbocycles. The van der Waals surface area contributed by atoms with Crippen LogP contribution in [-0.4, -0.2) is 62.7 Å². The number of rotatable bonds is 8. The summed E-state index contributed by atoms with van der Waals surface area (Å²) in [4.78, 5) is 4.92. The van der Waals surface area contributed by atoms with Gasteiger partial charge in [-0.05, 0) is 52.4 Å². The Kier molecular flexibility index (Phi) is 7.87. The average Bonchev–Trinajstić information content (AvgIpc) is 2.36. The van der Waals surface area contributed by atoms with Gasteiger partial charge in [0.2, 0.25) is 0 Å². The van der Waals surface area contributed by atoms with Crippen LogP contribution in [0.25, 0.3) is 0 Å². The maximum absolute atomic E-state index is 3.70. The Labute approximate surface area is 114 Å². The van der Waals surface area contributed by atoms with Crippen LogP contribution < -0.4 is 5.32 Å². The maximum Gasteiger partial charge on any atom is 0.0197 e. The minimum absolute atomic E-state index is 0.720. The molecule has 1 rings (SSSR count). The fourth-order valence-electron chi connectivity index (χ4n) is 2.87. The molecule has 18 heavy (non-hydrogen) atoms. The molecule has 1 heterocycles. The van der Waals surface area contributed by atoms with E-state index in [0.29, 0.717) is 0 Å². The fourth-order valence-corrected chi connectivity index (χ4v) is 2.87. The Morgan fingerprint density at radius 3 is 2.50 bits per heavy atom. The normalized spacial score (nSPS) is 25.0. The summed E-state index contributed by atoms with van der Waals surface area (Å²) in [6.07, 6.45) is 5.36. The van der Waals surface area contributed by atoms with Gasteiger partial charge in [0, 0.05) is 25.7 Å². The largest absolute Gasteiger partial charge is 0.313 e. The number of nitrogens with one attached hydrogen (secondary N) is 1. The lowest BCUT2D eigenvalue weighted by Crippen LogP contribution is -2.47. The van der Waals surface area contributed by atoms with Gasteiger partial charge in [-0.1, -0.05) is 20.3 Å². The highest BCUT2D eigenvalue weighted by Crippen LogP contribution is 2.19. The summed E-state index contributed by atoms with van der Waals surface area (Å²) in [5.74, 6) is 0.952. The van der Waals surface area contributed by atoms with Crippen molar-refractivity contribution in [2.45, 2.75) is 45.6 Å². The van der Waals surface area contributed by atoms with Crippen LogP contribution in [-0.2, 0) is 0 Å². The van der Waals surface area contributed by atoms with Crippen molar-refractivity contribution >= 4 is 0 Å². The van der Waals surface area contributed by atoms with Crippen molar-refractivity contribution in [3.8, 4) is 0 Å². The second-order valence-electron chi connectivity index (χ2n) is 6.05. The van der Waals surface area contributed by atoms with Crippen LogP contribution in [0, 0.1) is 5.92 Å². The van der Waals surface area contributed by atoms with Crippen molar-refractivity contribution in [3.63, 3.8) is 0 Å². The molecule has 0 saturated carbocycles. The minimum Gasteiger partial charge on any atom is -0.313 e. The fraction of sp³-hybridized carbons (Fsp3) is 1.00. The van der Waals surface area contributed by atoms with Crippen LogP contribution >= 0.6 is 0 Å². The smallest absolute Gasteiger partial charge is 0.0197 e. The summed E-state index contributed by atoms with van der Waals surface area (Å²) in [7, 11) is 4.33. The molecule has 0 aromatic heterocycles. The first kappa shape index (κ1) is 15.9. The molecule has 1 aliphatic rings. The molecule has 0 amide bonds. The van der Waals surface area contributed by atoms with E-state index in [9.17, 15) is 0 Å². The van der Waals surface area contributed by atoms with E-state index in [-0.39, 0.29) is 0 Å². The van der Waals surface area contributed by atoms with Crippen molar-refractivity contribution in [1.82, 2.24) is 15.1 Å².